The van der Waals surface area contributed by atoms with Crippen molar-refractivity contribution < 1.29 is 9.90 Å². The molecule has 0 radical (unpaired) electrons. The highest BCUT2D eigenvalue weighted by molar-refractivity contribution is 5.87. The van der Waals surface area contributed by atoms with Crippen LogP contribution in [0.25, 0.3) is 0 Å². The van der Waals surface area contributed by atoms with E-state index < -0.39 is 11.4 Å². The van der Waals surface area contributed by atoms with Crippen molar-refractivity contribution in [3.05, 3.63) is 35.9 Å². The molecule has 1 saturated carbocycles. The molecule has 1 aliphatic carbocycles. The Morgan fingerprint density at radius 1 is 1.40 bits per heavy atom. The van der Waals surface area contributed by atoms with Gasteiger partial charge in [0.1, 0.15) is 0 Å². The van der Waals surface area contributed by atoms with Crippen LogP contribution in [-0.2, 0) is 10.2 Å². The quantitative estimate of drug-likeness (QED) is 0.822. The van der Waals surface area contributed by atoms with E-state index in [2.05, 4.69) is 13.8 Å². The summed E-state index contributed by atoms with van der Waals surface area (Å²) in [5.74, 6) is -0.682. The molecule has 2 unspecified atom stereocenters. The fourth-order valence-electron chi connectivity index (χ4n) is 2.60. The van der Waals surface area contributed by atoms with Crippen molar-refractivity contribution in [3.63, 3.8) is 0 Å². The van der Waals surface area contributed by atoms with Gasteiger partial charge in [0, 0.05) is 0 Å². The number of carboxylic acids is 1. The molecule has 0 heterocycles. The van der Waals surface area contributed by atoms with Gasteiger partial charge in [0.05, 0.1) is 5.41 Å². The zero-order chi connectivity index (χ0) is 11.1. The van der Waals surface area contributed by atoms with Gasteiger partial charge in [-0.25, -0.2) is 0 Å². The third kappa shape index (κ3) is 1.21. The number of carboxylic acid groups (broad SMARTS) is 1. The summed E-state index contributed by atoms with van der Waals surface area (Å²) in [6.07, 6.45) is 1.67. The first-order valence-electron chi connectivity index (χ1n) is 5.36. The van der Waals surface area contributed by atoms with Crippen molar-refractivity contribution in [2.75, 3.05) is 0 Å². The monoisotopic (exact) mass is 204 g/mol. The van der Waals surface area contributed by atoms with E-state index >= 15 is 0 Å². The van der Waals surface area contributed by atoms with Crippen molar-refractivity contribution in [2.45, 2.75) is 32.1 Å². The molecular formula is C13H16O2. The summed E-state index contributed by atoms with van der Waals surface area (Å²) < 4.78 is 0. The molecule has 0 aliphatic heterocycles. The first-order valence-corrected chi connectivity index (χ1v) is 5.36. The van der Waals surface area contributed by atoms with Crippen LogP contribution in [0.4, 0.5) is 0 Å². The molecule has 1 aliphatic rings. The first-order chi connectivity index (χ1) is 7.07. The van der Waals surface area contributed by atoms with Crippen molar-refractivity contribution >= 4 is 5.97 Å². The molecule has 2 heteroatoms. The van der Waals surface area contributed by atoms with Crippen LogP contribution in [-0.4, -0.2) is 11.1 Å². The Labute approximate surface area is 89.9 Å². The first kappa shape index (κ1) is 10.2. The molecule has 1 aromatic carbocycles. The Kier molecular flexibility index (Phi) is 2.10. The summed E-state index contributed by atoms with van der Waals surface area (Å²) in [6.45, 7) is 4.13. The lowest BCUT2D eigenvalue weighted by Gasteiger charge is -2.18. The van der Waals surface area contributed by atoms with Crippen molar-refractivity contribution in [2.24, 2.45) is 5.41 Å². The second kappa shape index (κ2) is 3.09. The Hall–Kier alpha value is -1.31. The van der Waals surface area contributed by atoms with Crippen molar-refractivity contribution in [1.29, 1.82) is 0 Å². The van der Waals surface area contributed by atoms with Gasteiger partial charge in [-0.3, -0.25) is 4.79 Å². The van der Waals surface area contributed by atoms with Crippen LogP contribution < -0.4 is 0 Å². The molecule has 80 valence electrons. The summed E-state index contributed by atoms with van der Waals surface area (Å²) in [7, 11) is 0. The van der Waals surface area contributed by atoms with Crippen molar-refractivity contribution in [3.8, 4) is 0 Å². The molecule has 0 amide bonds. The number of hydrogen-bond donors (Lipinski definition) is 1. The maximum Gasteiger partial charge on any atom is 0.314 e. The Bertz CT molecular complexity index is 385. The summed E-state index contributed by atoms with van der Waals surface area (Å²) in [6, 6.07) is 9.59. The van der Waals surface area contributed by atoms with Gasteiger partial charge < -0.3 is 5.11 Å². The number of benzene rings is 1. The highest BCUT2D eigenvalue weighted by Gasteiger charge is 2.69. The van der Waals surface area contributed by atoms with Gasteiger partial charge in [-0.2, -0.15) is 0 Å². The van der Waals surface area contributed by atoms with Gasteiger partial charge in [-0.05, 0) is 23.8 Å². The normalized spacial score (nSPS) is 33.7. The fraction of sp³-hybridized carbons (Fsp3) is 0.462. The predicted molar refractivity (Wildman–Crippen MR) is 58.8 cm³/mol. The predicted octanol–water partition coefficient (Wildman–Crippen LogP) is 2.83. The maximum absolute atomic E-state index is 11.5. The van der Waals surface area contributed by atoms with Crippen LogP contribution in [0.15, 0.2) is 30.3 Å². The van der Waals surface area contributed by atoms with E-state index in [0.29, 0.717) is 0 Å². The average Bonchev–Trinajstić information content (AvgIpc) is 2.89. The largest absolute Gasteiger partial charge is 0.481 e. The SMILES string of the molecule is CCC1(C)CC1(C(=O)O)c1ccccc1. The highest BCUT2D eigenvalue weighted by atomic mass is 16.4. The lowest BCUT2D eigenvalue weighted by atomic mass is 9.85. The van der Waals surface area contributed by atoms with Crippen LogP contribution in [0.5, 0.6) is 0 Å². The Balaban J connectivity index is 2.45. The molecule has 0 saturated heterocycles. The van der Waals surface area contributed by atoms with Gasteiger partial charge >= 0.3 is 5.97 Å². The average molecular weight is 204 g/mol. The third-order valence-corrected chi connectivity index (χ3v) is 3.97. The zero-order valence-corrected chi connectivity index (χ0v) is 9.16. The fourth-order valence-corrected chi connectivity index (χ4v) is 2.60. The minimum atomic E-state index is -0.682. The molecule has 2 atom stereocenters. The number of rotatable bonds is 3. The van der Waals surface area contributed by atoms with Crippen LogP contribution >= 0.6 is 0 Å². The lowest BCUT2D eigenvalue weighted by molar-refractivity contribution is -0.141. The van der Waals surface area contributed by atoms with E-state index in [0.717, 1.165) is 18.4 Å². The van der Waals surface area contributed by atoms with Gasteiger partial charge in [-0.1, -0.05) is 44.2 Å². The standard InChI is InChI=1S/C13H16O2/c1-3-12(2)9-13(12,11(14)15)10-7-5-4-6-8-10/h4-8H,3,9H2,1-2H3,(H,14,15). The summed E-state index contributed by atoms with van der Waals surface area (Å²) in [5, 5.41) is 9.42. The van der Waals surface area contributed by atoms with E-state index in [9.17, 15) is 9.90 Å². The molecular weight excluding hydrogens is 188 g/mol. The maximum atomic E-state index is 11.5. The molecule has 1 N–H and O–H groups in total. The molecule has 15 heavy (non-hydrogen) atoms. The van der Waals surface area contributed by atoms with Crippen LogP contribution in [0.1, 0.15) is 32.3 Å². The topological polar surface area (TPSA) is 37.3 Å². The molecule has 2 rings (SSSR count). The van der Waals surface area contributed by atoms with Gasteiger partial charge in [-0.15, -0.1) is 0 Å². The lowest BCUT2D eigenvalue weighted by Crippen LogP contribution is -2.26. The van der Waals surface area contributed by atoms with E-state index in [1.807, 2.05) is 30.3 Å². The molecule has 1 aromatic rings. The molecule has 1 fully saturated rings. The summed E-state index contributed by atoms with van der Waals surface area (Å²) >= 11 is 0. The zero-order valence-electron chi connectivity index (χ0n) is 9.16. The second-order valence-corrected chi connectivity index (χ2v) is 4.67. The Morgan fingerprint density at radius 3 is 2.40 bits per heavy atom. The molecule has 0 spiro atoms. The van der Waals surface area contributed by atoms with Gasteiger partial charge in [0.25, 0.3) is 0 Å². The minimum absolute atomic E-state index is 0.0693. The number of carbonyl (C=O) groups is 1. The number of hydrogen-bond acceptors (Lipinski definition) is 1. The van der Waals surface area contributed by atoms with Gasteiger partial charge in [0.2, 0.25) is 0 Å². The number of aliphatic carboxylic acids is 1. The Morgan fingerprint density at radius 2 is 2.00 bits per heavy atom. The summed E-state index contributed by atoms with van der Waals surface area (Å²) in [5.41, 5.74) is 0.241. The van der Waals surface area contributed by atoms with Crippen LogP contribution in [0.2, 0.25) is 0 Å². The van der Waals surface area contributed by atoms with E-state index in [1.165, 1.54) is 0 Å². The van der Waals surface area contributed by atoms with E-state index in [-0.39, 0.29) is 5.41 Å². The smallest absolute Gasteiger partial charge is 0.314 e. The van der Waals surface area contributed by atoms with Crippen LogP contribution in [0, 0.1) is 5.41 Å². The van der Waals surface area contributed by atoms with E-state index in [1.54, 1.807) is 0 Å². The third-order valence-electron chi connectivity index (χ3n) is 3.97. The van der Waals surface area contributed by atoms with Crippen molar-refractivity contribution in [1.82, 2.24) is 0 Å². The molecule has 0 bridgehead atoms. The van der Waals surface area contributed by atoms with Crippen LogP contribution in [0.3, 0.4) is 0 Å². The minimum Gasteiger partial charge on any atom is -0.481 e. The van der Waals surface area contributed by atoms with Gasteiger partial charge in [0.15, 0.2) is 0 Å². The molecule has 0 aromatic heterocycles. The molecule has 2 nitrogen and oxygen atoms in total. The summed E-state index contributed by atoms with van der Waals surface area (Å²) in [4.78, 5) is 11.5. The van der Waals surface area contributed by atoms with E-state index in [4.69, 9.17) is 0 Å². The second-order valence-electron chi connectivity index (χ2n) is 4.67. The highest BCUT2D eigenvalue weighted by Crippen LogP contribution is 2.66.